The molecule has 0 aliphatic carbocycles. The van der Waals surface area contributed by atoms with E-state index in [0.29, 0.717) is 0 Å². The summed E-state index contributed by atoms with van der Waals surface area (Å²) in [5.74, 6) is 0. The van der Waals surface area contributed by atoms with Crippen LogP contribution in [-0.4, -0.2) is 23.7 Å². The van der Waals surface area contributed by atoms with Crippen LogP contribution >= 0.6 is 59.7 Å². The topological polar surface area (TPSA) is 0 Å². The molecule has 0 aromatic rings. The van der Waals surface area contributed by atoms with Crippen LogP contribution in [0.3, 0.4) is 0 Å². The Labute approximate surface area is 82.2 Å². The van der Waals surface area contributed by atoms with E-state index in [-0.39, 0.29) is 0 Å². The molecule has 8 heteroatoms. The first kappa shape index (κ1) is 13.4. The Balaban J connectivity index is 0. The zero-order chi connectivity index (χ0) is 7.15. The van der Waals surface area contributed by atoms with Gasteiger partial charge in [-0.25, -0.2) is 0 Å². The van der Waals surface area contributed by atoms with E-state index >= 15 is 0 Å². The Hall–Kier alpha value is 2.86. The van der Waals surface area contributed by atoms with Gasteiger partial charge in [0.2, 0.25) is 0 Å². The molecule has 0 aromatic heterocycles. The molecule has 0 atom stereocenters. The van der Waals surface area contributed by atoms with Crippen molar-refractivity contribution < 1.29 is 0 Å². The fraction of sp³-hybridized carbons (Fsp3) is 0. The summed E-state index contributed by atoms with van der Waals surface area (Å²) in [6, 6.07) is 0. The molecule has 0 saturated carbocycles. The van der Waals surface area contributed by atoms with E-state index in [1.165, 1.54) is 0 Å². The molecule has 0 unspecified atom stereocenters. The molecule has 52 valence electrons. The van der Waals surface area contributed by atoms with Gasteiger partial charge in [-0.1, -0.05) is 0 Å². The quantitative estimate of drug-likeness (QED) is 0.580. The minimum atomic E-state index is -1.77. The van der Waals surface area contributed by atoms with Gasteiger partial charge < -0.3 is 0 Å². The fourth-order valence-corrected chi connectivity index (χ4v) is 0. The van der Waals surface area contributed by atoms with Crippen LogP contribution in [0.4, 0.5) is 0 Å². The standard InChI is InChI=1S/2AsCl3/c2*2-1(3)4. The van der Waals surface area contributed by atoms with Crippen molar-refractivity contribution in [1.29, 1.82) is 0 Å². The van der Waals surface area contributed by atoms with Gasteiger partial charge in [-0.05, 0) is 0 Å². The monoisotopic (exact) mass is 360 g/mol. The average Bonchev–Trinajstić information content (AvgIpc) is 1.25. The van der Waals surface area contributed by atoms with Crippen molar-refractivity contribution in [2.24, 2.45) is 0 Å². The van der Waals surface area contributed by atoms with Crippen LogP contribution in [0.5, 0.6) is 0 Å². The Kier molecular flexibility index (Phi) is 16.6. The molecule has 0 aliphatic heterocycles. The molecule has 0 nitrogen and oxygen atoms in total. The summed E-state index contributed by atoms with van der Waals surface area (Å²) >= 11 is -3.54. The number of halogens is 6. The third kappa shape index (κ3) is 67.0. The molecule has 8 heavy (non-hydrogen) atoms. The molecule has 0 amide bonds. The van der Waals surface area contributed by atoms with Crippen LogP contribution in [0, 0.1) is 0 Å². The van der Waals surface area contributed by atoms with Crippen molar-refractivity contribution in [2.45, 2.75) is 0 Å². The van der Waals surface area contributed by atoms with E-state index in [0.717, 1.165) is 0 Å². The van der Waals surface area contributed by atoms with Crippen LogP contribution in [0.25, 0.3) is 0 Å². The molecular formula is As2Cl6. The molecule has 0 rings (SSSR count). The van der Waals surface area contributed by atoms with Crippen molar-refractivity contribution in [2.75, 3.05) is 0 Å². The first-order valence-corrected chi connectivity index (χ1v) is 15.8. The van der Waals surface area contributed by atoms with Crippen molar-refractivity contribution in [3.8, 4) is 0 Å². The Morgan fingerprint density at radius 3 is 0.500 bits per heavy atom. The van der Waals surface area contributed by atoms with Crippen LogP contribution in [0.1, 0.15) is 0 Å². The van der Waals surface area contributed by atoms with Gasteiger partial charge in [0, 0.05) is 0 Å². The predicted molar refractivity (Wildman–Crippen MR) is 46.6 cm³/mol. The molecule has 0 fully saturated rings. The molecule has 0 heterocycles. The van der Waals surface area contributed by atoms with Gasteiger partial charge in [-0.15, -0.1) is 0 Å². The number of rotatable bonds is 0. The van der Waals surface area contributed by atoms with Crippen LogP contribution < -0.4 is 0 Å². The van der Waals surface area contributed by atoms with Gasteiger partial charge in [0.05, 0.1) is 0 Å². The van der Waals surface area contributed by atoms with Gasteiger partial charge in [-0.2, -0.15) is 0 Å². The summed E-state index contributed by atoms with van der Waals surface area (Å²) in [6.07, 6.45) is 0. The summed E-state index contributed by atoms with van der Waals surface area (Å²) in [5.41, 5.74) is 0. The van der Waals surface area contributed by atoms with Crippen molar-refractivity contribution in [1.82, 2.24) is 0 Å². The SMILES string of the molecule is Cl[As](Cl)Cl.Cl[As](Cl)Cl. The van der Waals surface area contributed by atoms with Crippen molar-refractivity contribution in [3.63, 3.8) is 0 Å². The molecule has 0 spiro atoms. The second kappa shape index (κ2) is 9.86. The van der Waals surface area contributed by atoms with E-state index in [4.69, 9.17) is 59.7 Å². The second-order valence-corrected chi connectivity index (χ2v) is 17.9. The number of hydrogen-bond acceptors (Lipinski definition) is 0. The van der Waals surface area contributed by atoms with Crippen LogP contribution in [0.2, 0.25) is 0 Å². The van der Waals surface area contributed by atoms with Gasteiger partial charge in [0.15, 0.2) is 0 Å². The average molecular weight is 363 g/mol. The summed E-state index contributed by atoms with van der Waals surface area (Å²) in [6.45, 7) is 0. The third-order valence-electron chi connectivity index (χ3n) is 0. The number of hydrogen-bond donors (Lipinski definition) is 0. The van der Waals surface area contributed by atoms with E-state index < -0.39 is 23.7 Å². The molecule has 0 saturated heterocycles. The van der Waals surface area contributed by atoms with E-state index in [9.17, 15) is 0 Å². The van der Waals surface area contributed by atoms with E-state index in [2.05, 4.69) is 0 Å². The Bertz CT molecular complexity index is 22.0. The van der Waals surface area contributed by atoms with E-state index in [1.807, 2.05) is 0 Å². The summed E-state index contributed by atoms with van der Waals surface area (Å²) in [4.78, 5) is 0. The van der Waals surface area contributed by atoms with Crippen LogP contribution in [0.15, 0.2) is 0 Å². The van der Waals surface area contributed by atoms with Crippen molar-refractivity contribution >= 4 is 83.4 Å². The minimum absolute atomic E-state index is 1.77. The Morgan fingerprint density at radius 2 is 0.500 bits per heavy atom. The molecule has 0 N–H and O–H groups in total. The predicted octanol–water partition coefficient (Wildman–Crippen LogP) is 3.38. The molecule has 0 aliphatic rings. The summed E-state index contributed by atoms with van der Waals surface area (Å²) in [7, 11) is 29.7. The first-order chi connectivity index (χ1) is 3.46. The first-order valence-electron chi connectivity index (χ1n) is 1.01. The van der Waals surface area contributed by atoms with Crippen molar-refractivity contribution in [3.05, 3.63) is 0 Å². The molecule has 0 bridgehead atoms. The normalized spacial score (nSPS) is 9.00. The molecule has 0 aromatic carbocycles. The van der Waals surface area contributed by atoms with Gasteiger partial charge >= 0.3 is 83.4 Å². The summed E-state index contributed by atoms with van der Waals surface area (Å²) in [5, 5.41) is 0. The second-order valence-electron chi connectivity index (χ2n) is 0.383. The van der Waals surface area contributed by atoms with E-state index in [1.54, 1.807) is 0 Å². The van der Waals surface area contributed by atoms with Gasteiger partial charge in [-0.3, -0.25) is 0 Å². The van der Waals surface area contributed by atoms with Gasteiger partial charge in [0.25, 0.3) is 0 Å². The Morgan fingerprint density at radius 1 is 0.500 bits per heavy atom. The zero-order valence-corrected chi connectivity index (χ0v) is 11.5. The maximum atomic E-state index is 4.95. The third-order valence-corrected chi connectivity index (χ3v) is 0. The maximum absolute atomic E-state index is 4.95. The van der Waals surface area contributed by atoms with Crippen LogP contribution in [-0.2, 0) is 0 Å². The molecular weight excluding hydrogens is 363 g/mol. The summed E-state index contributed by atoms with van der Waals surface area (Å²) < 4.78 is 0. The van der Waals surface area contributed by atoms with Gasteiger partial charge in [0.1, 0.15) is 0 Å². The zero-order valence-electron chi connectivity index (χ0n) is 3.16. The molecule has 0 radical (unpaired) electrons. The fourth-order valence-electron chi connectivity index (χ4n) is 0.